The summed E-state index contributed by atoms with van der Waals surface area (Å²) in [5.74, 6) is -0.924. The first kappa shape index (κ1) is 20.0. The number of hydrogen-bond acceptors (Lipinski definition) is 7. The maximum absolute atomic E-state index is 12.5. The zero-order valence-corrected chi connectivity index (χ0v) is 16.2. The third-order valence-corrected chi connectivity index (χ3v) is 5.92. The smallest absolute Gasteiger partial charge is 0.321 e. The van der Waals surface area contributed by atoms with E-state index in [0.29, 0.717) is 11.4 Å². The highest BCUT2D eigenvalue weighted by Gasteiger charge is 2.23. The molecule has 0 bridgehead atoms. The van der Waals surface area contributed by atoms with Crippen molar-refractivity contribution >= 4 is 38.9 Å². The maximum atomic E-state index is 12.5. The number of benzene rings is 1. The van der Waals surface area contributed by atoms with Crippen LogP contribution in [0, 0.1) is 6.92 Å². The lowest BCUT2D eigenvalue weighted by Gasteiger charge is -2.16. The number of carbonyl (C=O) groups is 2. The lowest BCUT2D eigenvalue weighted by molar-refractivity contribution is -0.145. The van der Waals surface area contributed by atoms with E-state index in [-0.39, 0.29) is 17.4 Å². The molecule has 0 saturated heterocycles. The predicted molar refractivity (Wildman–Crippen MR) is 97.2 cm³/mol. The molecule has 10 heteroatoms. The van der Waals surface area contributed by atoms with Crippen LogP contribution >= 0.6 is 11.3 Å². The standard InChI is InChI=1S/C16H19N3O5S2/c1-11(20)17-13-4-6-15(7-5-13)26(22,23)19(3)8-16(21)24-9-14-10-25-12(2)18-14/h4-7,10H,8-9H2,1-3H3,(H,17,20). The van der Waals surface area contributed by atoms with Gasteiger partial charge in [-0.1, -0.05) is 0 Å². The number of esters is 1. The fourth-order valence-corrected chi connectivity index (χ4v) is 3.75. The summed E-state index contributed by atoms with van der Waals surface area (Å²) in [6.45, 7) is 2.78. The summed E-state index contributed by atoms with van der Waals surface area (Å²) in [6, 6.07) is 5.68. The number of amides is 1. The van der Waals surface area contributed by atoms with Gasteiger partial charge >= 0.3 is 5.97 Å². The average Bonchev–Trinajstić information content (AvgIpc) is 2.98. The molecule has 0 spiro atoms. The summed E-state index contributed by atoms with van der Waals surface area (Å²) < 4.78 is 31.0. The molecule has 2 aromatic rings. The minimum absolute atomic E-state index is 0.00245. The first-order chi connectivity index (χ1) is 12.2. The molecule has 1 heterocycles. The van der Waals surface area contributed by atoms with Crippen molar-refractivity contribution in [2.24, 2.45) is 0 Å². The van der Waals surface area contributed by atoms with Crippen LogP contribution in [-0.2, 0) is 31.0 Å². The highest BCUT2D eigenvalue weighted by atomic mass is 32.2. The Balaban J connectivity index is 1.96. The van der Waals surface area contributed by atoms with Crippen molar-refractivity contribution in [1.29, 1.82) is 0 Å². The van der Waals surface area contributed by atoms with Gasteiger partial charge in [0.2, 0.25) is 15.9 Å². The van der Waals surface area contributed by atoms with Crippen LogP contribution in [0.5, 0.6) is 0 Å². The lowest BCUT2D eigenvalue weighted by Crippen LogP contribution is -2.33. The van der Waals surface area contributed by atoms with Crippen molar-refractivity contribution in [2.75, 3.05) is 18.9 Å². The largest absolute Gasteiger partial charge is 0.458 e. The molecule has 8 nitrogen and oxygen atoms in total. The van der Waals surface area contributed by atoms with Gasteiger partial charge in [0, 0.05) is 25.0 Å². The highest BCUT2D eigenvalue weighted by Crippen LogP contribution is 2.17. The summed E-state index contributed by atoms with van der Waals surface area (Å²) in [7, 11) is -2.55. The SMILES string of the molecule is CC(=O)Nc1ccc(S(=O)(=O)N(C)CC(=O)OCc2csc(C)n2)cc1. The molecule has 26 heavy (non-hydrogen) atoms. The van der Waals surface area contributed by atoms with Gasteiger partial charge in [-0.2, -0.15) is 4.31 Å². The number of sulfonamides is 1. The number of aryl methyl sites for hydroxylation is 1. The first-order valence-corrected chi connectivity index (χ1v) is 9.91. The minimum atomic E-state index is -3.85. The minimum Gasteiger partial charge on any atom is -0.458 e. The van der Waals surface area contributed by atoms with Gasteiger partial charge < -0.3 is 10.1 Å². The van der Waals surface area contributed by atoms with Crippen LogP contribution in [0.15, 0.2) is 34.5 Å². The Morgan fingerprint density at radius 1 is 1.27 bits per heavy atom. The van der Waals surface area contributed by atoms with Crippen molar-refractivity contribution in [2.45, 2.75) is 25.3 Å². The predicted octanol–water partition coefficient (Wildman–Crippen LogP) is 1.77. The molecule has 0 aliphatic heterocycles. The number of nitrogens with zero attached hydrogens (tertiary/aromatic N) is 2. The van der Waals surface area contributed by atoms with Crippen molar-refractivity contribution in [1.82, 2.24) is 9.29 Å². The van der Waals surface area contributed by atoms with E-state index in [1.165, 1.54) is 49.6 Å². The molecule has 140 valence electrons. The molecule has 1 aromatic heterocycles. The van der Waals surface area contributed by atoms with Gasteiger partial charge in [-0.25, -0.2) is 13.4 Å². The summed E-state index contributed by atoms with van der Waals surface area (Å²) >= 11 is 1.44. The second kappa shape index (κ2) is 8.39. The molecule has 0 aliphatic carbocycles. The maximum Gasteiger partial charge on any atom is 0.321 e. The zero-order valence-electron chi connectivity index (χ0n) is 14.6. The molecule has 0 saturated carbocycles. The van der Waals surface area contributed by atoms with Crippen LogP contribution < -0.4 is 5.32 Å². The van der Waals surface area contributed by atoms with E-state index in [2.05, 4.69) is 10.3 Å². The fourth-order valence-electron chi connectivity index (χ4n) is 2.03. The molecular weight excluding hydrogens is 378 g/mol. The topological polar surface area (TPSA) is 106 Å². The van der Waals surface area contributed by atoms with Crippen molar-refractivity contribution < 1.29 is 22.7 Å². The Morgan fingerprint density at radius 3 is 2.46 bits per heavy atom. The van der Waals surface area contributed by atoms with Crippen LogP contribution in [0.4, 0.5) is 5.69 Å². The van der Waals surface area contributed by atoms with E-state index in [1.54, 1.807) is 5.38 Å². The molecule has 1 N–H and O–H groups in total. The number of anilines is 1. The zero-order chi connectivity index (χ0) is 19.3. The number of carbonyl (C=O) groups excluding carboxylic acids is 2. The second-order valence-corrected chi connectivity index (χ2v) is 8.59. The fraction of sp³-hybridized carbons (Fsp3) is 0.312. The van der Waals surface area contributed by atoms with Crippen LogP contribution in [-0.4, -0.2) is 43.2 Å². The van der Waals surface area contributed by atoms with Crippen LogP contribution in [0.2, 0.25) is 0 Å². The summed E-state index contributed by atoms with van der Waals surface area (Å²) in [5, 5.41) is 5.19. The normalized spacial score (nSPS) is 11.4. The van der Waals surface area contributed by atoms with Crippen molar-refractivity contribution in [3.8, 4) is 0 Å². The second-order valence-electron chi connectivity index (χ2n) is 5.49. The Labute approximate surface area is 155 Å². The number of hydrogen-bond donors (Lipinski definition) is 1. The van der Waals surface area contributed by atoms with Gasteiger partial charge in [-0.15, -0.1) is 11.3 Å². The average molecular weight is 397 g/mol. The van der Waals surface area contributed by atoms with E-state index < -0.39 is 22.5 Å². The monoisotopic (exact) mass is 397 g/mol. The third-order valence-electron chi connectivity index (χ3n) is 3.28. The molecule has 0 atom stereocenters. The first-order valence-electron chi connectivity index (χ1n) is 7.59. The van der Waals surface area contributed by atoms with E-state index in [0.717, 1.165) is 9.31 Å². The van der Waals surface area contributed by atoms with E-state index >= 15 is 0 Å². The van der Waals surface area contributed by atoms with Crippen LogP contribution in [0.1, 0.15) is 17.6 Å². The van der Waals surface area contributed by atoms with Gasteiger partial charge in [-0.3, -0.25) is 9.59 Å². The Kier molecular flexibility index (Phi) is 6.46. The lowest BCUT2D eigenvalue weighted by atomic mass is 10.3. The number of thiazole rings is 1. The Bertz CT molecular complexity index is 891. The number of ether oxygens (including phenoxy) is 1. The Hall–Kier alpha value is -2.30. The summed E-state index contributed by atoms with van der Waals surface area (Å²) in [4.78, 5) is 27.1. The quantitative estimate of drug-likeness (QED) is 0.714. The van der Waals surface area contributed by atoms with E-state index in [9.17, 15) is 18.0 Å². The van der Waals surface area contributed by atoms with Gasteiger partial charge in [0.05, 0.1) is 15.6 Å². The molecule has 1 aromatic carbocycles. The third kappa shape index (κ3) is 5.35. The molecular formula is C16H19N3O5S2. The Morgan fingerprint density at radius 2 is 1.92 bits per heavy atom. The molecule has 0 fully saturated rings. The van der Waals surface area contributed by atoms with E-state index in [1.807, 2.05) is 6.92 Å². The molecule has 0 radical (unpaired) electrons. The van der Waals surface area contributed by atoms with Crippen LogP contribution in [0.3, 0.4) is 0 Å². The van der Waals surface area contributed by atoms with Gasteiger partial charge in [0.1, 0.15) is 13.2 Å². The summed E-state index contributed by atoms with van der Waals surface area (Å²) in [6.07, 6.45) is 0. The molecule has 1 amide bonds. The number of aromatic nitrogens is 1. The number of nitrogens with one attached hydrogen (secondary N) is 1. The molecule has 2 rings (SSSR count). The van der Waals surface area contributed by atoms with Gasteiger partial charge in [0.25, 0.3) is 0 Å². The number of likely N-dealkylation sites (N-methyl/N-ethyl adjacent to an activating group) is 1. The van der Waals surface area contributed by atoms with E-state index in [4.69, 9.17) is 4.74 Å². The van der Waals surface area contributed by atoms with Crippen molar-refractivity contribution in [3.63, 3.8) is 0 Å². The van der Waals surface area contributed by atoms with Crippen LogP contribution in [0.25, 0.3) is 0 Å². The van der Waals surface area contributed by atoms with Gasteiger partial charge in [-0.05, 0) is 31.2 Å². The van der Waals surface area contributed by atoms with Gasteiger partial charge in [0.15, 0.2) is 0 Å². The molecule has 0 aliphatic rings. The highest BCUT2D eigenvalue weighted by molar-refractivity contribution is 7.89. The molecule has 0 unspecified atom stereocenters. The van der Waals surface area contributed by atoms with Crippen molar-refractivity contribution in [3.05, 3.63) is 40.3 Å². The number of rotatable bonds is 7. The summed E-state index contributed by atoms with van der Waals surface area (Å²) in [5.41, 5.74) is 1.11.